The van der Waals surface area contributed by atoms with Gasteiger partial charge in [-0.3, -0.25) is 14.5 Å². The number of carbonyl (C=O) groups excluding carboxylic acids is 2. The molecule has 1 atom stereocenters. The highest BCUT2D eigenvalue weighted by atomic mass is 16.5. The fraction of sp³-hybridized carbons (Fsp3) is 0.444. The van der Waals surface area contributed by atoms with Crippen molar-refractivity contribution in [3.63, 3.8) is 0 Å². The molecule has 1 saturated heterocycles. The van der Waals surface area contributed by atoms with E-state index in [1.807, 2.05) is 0 Å². The lowest BCUT2D eigenvalue weighted by atomic mass is 9.96. The summed E-state index contributed by atoms with van der Waals surface area (Å²) in [4.78, 5) is 28.3. The average Bonchev–Trinajstić information content (AvgIpc) is 2.86. The number of ketones is 1. The summed E-state index contributed by atoms with van der Waals surface area (Å²) in [6, 6.07) is 5.71. The first-order valence-corrected chi connectivity index (χ1v) is 8.33. The number of hydrogen-bond acceptors (Lipinski definition) is 6. The molecule has 0 aliphatic carbocycles. The Hall–Kier alpha value is -2.38. The molecule has 25 heavy (non-hydrogen) atoms. The van der Waals surface area contributed by atoms with E-state index in [-0.39, 0.29) is 17.1 Å². The SMILES string of the molecule is CC(=O)C1=C(O)C(=O)N(CCN2CCOCC2)[C@H]1c1ccc(O)cc1. The lowest BCUT2D eigenvalue weighted by Gasteiger charge is -2.31. The van der Waals surface area contributed by atoms with E-state index in [1.165, 1.54) is 24.0 Å². The lowest BCUT2D eigenvalue weighted by molar-refractivity contribution is -0.129. The second-order valence-electron chi connectivity index (χ2n) is 6.27. The predicted octanol–water partition coefficient (Wildman–Crippen LogP) is 1.01. The third-order valence-electron chi connectivity index (χ3n) is 4.65. The zero-order valence-electron chi connectivity index (χ0n) is 14.1. The maximum atomic E-state index is 12.5. The number of Topliss-reactive ketones (excluding diaryl/α,β-unsaturated/α-hetero) is 1. The molecule has 7 nitrogen and oxygen atoms in total. The van der Waals surface area contributed by atoms with E-state index in [9.17, 15) is 19.8 Å². The Morgan fingerprint density at radius 1 is 1.16 bits per heavy atom. The number of ether oxygens (including phenoxy) is 1. The summed E-state index contributed by atoms with van der Waals surface area (Å²) in [6.07, 6.45) is 0. The van der Waals surface area contributed by atoms with Gasteiger partial charge in [0.1, 0.15) is 5.75 Å². The van der Waals surface area contributed by atoms with Crippen LogP contribution in [-0.4, -0.2) is 71.1 Å². The van der Waals surface area contributed by atoms with E-state index in [4.69, 9.17) is 4.74 Å². The molecular formula is C18H22N2O5. The summed E-state index contributed by atoms with van der Waals surface area (Å²) >= 11 is 0. The molecule has 134 valence electrons. The van der Waals surface area contributed by atoms with Gasteiger partial charge in [0.05, 0.1) is 24.8 Å². The monoisotopic (exact) mass is 346 g/mol. The molecule has 2 N–H and O–H groups in total. The van der Waals surface area contributed by atoms with Gasteiger partial charge < -0.3 is 19.8 Å². The van der Waals surface area contributed by atoms with Gasteiger partial charge in [-0.25, -0.2) is 0 Å². The van der Waals surface area contributed by atoms with Gasteiger partial charge in [0.2, 0.25) is 0 Å². The number of amides is 1. The predicted molar refractivity (Wildman–Crippen MR) is 90.2 cm³/mol. The van der Waals surface area contributed by atoms with Crippen molar-refractivity contribution < 1.29 is 24.5 Å². The number of rotatable bonds is 5. The first-order valence-electron chi connectivity index (χ1n) is 8.33. The van der Waals surface area contributed by atoms with Crippen LogP contribution in [0, 0.1) is 0 Å². The van der Waals surface area contributed by atoms with Crippen LogP contribution in [0.15, 0.2) is 35.6 Å². The molecule has 0 saturated carbocycles. The van der Waals surface area contributed by atoms with Crippen molar-refractivity contribution >= 4 is 11.7 Å². The number of morpholine rings is 1. The summed E-state index contributed by atoms with van der Waals surface area (Å²) in [7, 11) is 0. The Balaban J connectivity index is 1.85. The van der Waals surface area contributed by atoms with Crippen LogP contribution < -0.4 is 0 Å². The van der Waals surface area contributed by atoms with Crippen molar-refractivity contribution in [3.8, 4) is 5.75 Å². The minimum absolute atomic E-state index is 0.102. The number of benzene rings is 1. The third kappa shape index (κ3) is 3.52. The normalized spacial score (nSPS) is 21.9. The number of aromatic hydroxyl groups is 1. The highest BCUT2D eigenvalue weighted by Gasteiger charge is 2.42. The van der Waals surface area contributed by atoms with Crippen LogP contribution in [0.2, 0.25) is 0 Å². The fourth-order valence-electron chi connectivity index (χ4n) is 3.32. The number of carbonyl (C=O) groups is 2. The Morgan fingerprint density at radius 3 is 2.40 bits per heavy atom. The zero-order valence-corrected chi connectivity index (χ0v) is 14.1. The summed E-state index contributed by atoms with van der Waals surface area (Å²) in [5.41, 5.74) is 0.792. The van der Waals surface area contributed by atoms with Crippen molar-refractivity contribution in [1.82, 2.24) is 9.80 Å². The number of aliphatic hydroxyl groups is 1. The van der Waals surface area contributed by atoms with Crippen molar-refractivity contribution in [2.75, 3.05) is 39.4 Å². The number of nitrogens with zero attached hydrogens (tertiary/aromatic N) is 2. The highest BCUT2D eigenvalue weighted by Crippen LogP contribution is 2.37. The van der Waals surface area contributed by atoms with Crippen molar-refractivity contribution in [1.29, 1.82) is 0 Å². The summed E-state index contributed by atoms with van der Waals surface area (Å²) < 4.78 is 5.32. The molecule has 7 heteroatoms. The van der Waals surface area contributed by atoms with E-state index in [2.05, 4.69) is 4.90 Å². The third-order valence-corrected chi connectivity index (χ3v) is 4.65. The second-order valence-corrected chi connectivity index (χ2v) is 6.27. The van der Waals surface area contributed by atoms with Gasteiger partial charge in [0.25, 0.3) is 5.91 Å². The van der Waals surface area contributed by atoms with Crippen molar-refractivity contribution in [3.05, 3.63) is 41.2 Å². The molecule has 0 aromatic heterocycles. The van der Waals surface area contributed by atoms with Gasteiger partial charge in [0.15, 0.2) is 11.5 Å². The number of hydrogen-bond donors (Lipinski definition) is 2. The molecule has 0 bridgehead atoms. The average molecular weight is 346 g/mol. The van der Waals surface area contributed by atoms with Crippen LogP contribution >= 0.6 is 0 Å². The molecule has 0 radical (unpaired) electrons. The topological polar surface area (TPSA) is 90.3 Å². The van der Waals surface area contributed by atoms with Crippen molar-refractivity contribution in [2.45, 2.75) is 13.0 Å². The first kappa shape index (κ1) is 17.4. The van der Waals surface area contributed by atoms with Crippen LogP contribution in [0.25, 0.3) is 0 Å². The number of aliphatic hydroxyl groups excluding tert-OH is 1. The zero-order chi connectivity index (χ0) is 18.0. The lowest BCUT2D eigenvalue weighted by Crippen LogP contribution is -2.43. The maximum Gasteiger partial charge on any atom is 0.290 e. The molecule has 1 aromatic rings. The smallest absolute Gasteiger partial charge is 0.290 e. The fourth-order valence-corrected chi connectivity index (χ4v) is 3.32. The van der Waals surface area contributed by atoms with Crippen molar-refractivity contribution in [2.24, 2.45) is 0 Å². The Labute approximate surface area is 146 Å². The Bertz CT molecular complexity index is 692. The quantitative estimate of drug-likeness (QED) is 0.827. The van der Waals surface area contributed by atoms with Crippen LogP contribution in [0.3, 0.4) is 0 Å². The highest BCUT2D eigenvalue weighted by molar-refractivity contribution is 6.08. The molecular weight excluding hydrogens is 324 g/mol. The van der Waals surface area contributed by atoms with Gasteiger partial charge in [-0.05, 0) is 24.6 Å². The maximum absolute atomic E-state index is 12.5. The van der Waals surface area contributed by atoms with E-state index in [0.29, 0.717) is 31.9 Å². The first-order chi connectivity index (χ1) is 12.0. The molecule has 1 amide bonds. The van der Waals surface area contributed by atoms with Crippen LogP contribution in [0.1, 0.15) is 18.5 Å². The molecule has 1 aromatic carbocycles. The van der Waals surface area contributed by atoms with E-state index >= 15 is 0 Å². The summed E-state index contributed by atoms with van der Waals surface area (Å²) in [6.45, 7) is 5.30. The molecule has 2 aliphatic heterocycles. The van der Waals surface area contributed by atoms with Gasteiger partial charge in [-0.15, -0.1) is 0 Å². The number of phenolic OH excluding ortho intramolecular Hbond substituents is 1. The summed E-state index contributed by atoms with van der Waals surface area (Å²) in [5, 5.41) is 19.7. The molecule has 2 aliphatic rings. The molecule has 0 spiro atoms. The van der Waals surface area contributed by atoms with Crippen LogP contribution in [-0.2, 0) is 14.3 Å². The summed E-state index contributed by atoms with van der Waals surface area (Å²) in [5.74, 6) is -1.24. The van der Waals surface area contributed by atoms with Crippen LogP contribution in [0.5, 0.6) is 5.75 Å². The molecule has 1 fully saturated rings. The minimum Gasteiger partial charge on any atom is -0.508 e. The minimum atomic E-state index is -0.633. The van der Waals surface area contributed by atoms with Gasteiger partial charge in [-0.2, -0.15) is 0 Å². The largest absolute Gasteiger partial charge is 0.508 e. The number of phenols is 1. The van der Waals surface area contributed by atoms with E-state index < -0.39 is 17.7 Å². The molecule has 3 rings (SSSR count). The Morgan fingerprint density at radius 2 is 1.80 bits per heavy atom. The van der Waals surface area contributed by atoms with Gasteiger partial charge in [0, 0.05) is 26.2 Å². The standard InChI is InChI=1S/C18H22N2O5/c1-12(21)15-16(13-2-4-14(22)5-3-13)20(18(24)17(15)23)7-6-19-8-10-25-11-9-19/h2-5,16,22-23H,6-11H2,1H3/t16-/m0/s1. The molecule has 0 unspecified atom stereocenters. The second kappa shape index (κ2) is 7.25. The van der Waals surface area contributed by atoms with E-state index in [0.717, 1.165) is 13.1 Å². The van der Waals surface area contributed by atoms with Crippen LogP contribution in [0.4, 0.5) is 0 Å². The molecule has 2 heterocycles. The Kier molecular flexibility index (Phi) is 5.06. The van der Waals surface area contributed by atoms with E-state index in [1.54, 1.807) is 12.1 Å². The van der Waals surface area contributed by atoms with Gasteiger partial charge >= 0.3 is 0 Å². The van der Waals surface area contributed by atoms with Gasteiger partial charge in [-0.1, -0.05) is 12.1 Å².